The Morgan fingerprint density at radius 2 is 2.00 bits per heavy atom. The molecule has 7 heteroatoms. The lowest BCUT2D eigenvalue weighted by Crippen LogP contribution is -2.13. The first-order chi connectivity index (χ1) is 11.7. The van der Waals surface area contributed by atoms with Crippen LogP contribution < -0.4 is 15.4 Å². The Balaban J connectivity index is 2.15. The van der Waals surface area contributed by atoms with E-state index in [0.29, 0.717) is 22.1 Å². The first-order valence-electron chi connectivity index (χ1n) is 6.99. The van der Waals surface area contributed by atoms with Gasteiger partial charge in [0.2, 0.25) is 0 Å². The maximum Gasteiger partial charge on any atom is 0.255 e. The second-order valence-electron chi connectivity index (χ2n) is 4.59. The van der Waals surface area contributed by atoms with Crippen molar-refractivity contribution in [2.24, 2.45) is 4.99 Å². The molecule has 2 rings (SSSR count). The van der Waals surface area contributed by atoms with Crippen LogP contribution in [0.5, 0.6) is 5.75 Å². The Hall–Kier alpha value is -2.98. The van der Waals surface area contributed by atoms with Crippen LogP contribution in [0.15, 0.2) is 53.5 Å². The number of rotatable bonds is 4. The first kappa shape index (κ1) is 17.4. The van der Waals surface area contributed by atoms with Crippen molar-refractivity contribution in [3.8, 4) is 11.9 Å². The molecule has 122 valence electrons. The van der Waals surface area contributed by atoms with Gasteiger partial charge in [0.05, 0.1) is 12.8 Å². The van der Waals surface area contributed by atoms with E-state index in [9.17, 15) is 4.79 Å². The summed E-state index contributed by atoms with van der Waals surface area (Å²) in [6, 6.07) is 13.9. The van der Waals surface area contributed by atoms with Gasteiger partial charge in [0.25, 0.3) is 5.91 Å². The number of nitrogens with zero attached hydrogens (tertiary/aromatic N) is 2. The number of amides is 1. The fourth-order valence-electron chi connectivity index (χ4n) is 1.88. The largest absolute Gasteiger partial charge is 0.497 e. The number of thioether (sulfide) groups is 1. The van der Waals surface area contributed by atoms with Crippen LogP contribution in [0.25, 0.3) is 0 Å². The molecule has 0 aliphatic rings. The smallest absolute Gasteiger partial charge is 0.255 e. The summed E-state index contributed by atoms with van der Waals surface area (Å²) in [5.41, 5.74) is 1.74. The molecule has 0 bridgehead atoms. The van der Waals surface area contributed by atoms with Gasteiger partial charge in [-0.05, 0) is 48.7 Å². The molecule has 0 spiro atoms. The molecule has 0 aliphatic heterocycles. The van der Waals surface area contributed by atoms with E-state index in [2.05, 4.69) is 15.6 Å². The van der Waals surface area contributed by atoms with Crippen LogP contribution in [-0.2, 0) is 0 Å². The van der Waals surface area contributed by atoms with Crippen molar-refractivity contribution < 1.29 is 9.53 Å². The van der Waals surface area contributed by atoms with Crippen LogP contribution >= 0.6 is 11.8 Å². The molecule has 0 fully saturated rings. The van der Waals surface area contributed by atoms with Crippen LogP contribution in [0.3, 0.4) is 0 Å². The molecule has 1 amide bonds. The van der Waals surface area contributed by atoms with E-state index < -0.39 is 0 Å². The second-order valence-corrected chi connectivity index (χ2v) is 5.39. The van der Waals surface area contributed by atoms with Crippen LogP contribution in [0.4, 0.5) is 11.4 Å². The van der Waals surface area contributed by atoms with Crippen molar-refractivity contribution in [2.75, 3.05) is 18.7 Å². The highest BCUT2D eigenvalue weighted by Crippen LogP contribution is 2.19. The highest BCUT2D eigenvalue weighted by molar-refractivity contribution is 8.13. The number of hydrogen-bond acceptors (Lipinski definition) is 5. The predicted molar refractivity (Wildman–Crippen MR) is 96.7 cm³/mol. The second kappa shape index (κ2) is 8.60. The van der Waals surface area contributed by atoms with Gasteiger partial charge in [-0.15, -0.1) is 0 Å². The van der Waals surface area contributed by atoms with Crippen molar-refractivity contribution in [2.45, 2.75) is 0 Å². The van der Waals surface area contributed by atoms with Gasteiger partial charge < -0.3 is 10.1 Å². The minimum absolute atomic E-state index is 0.240. The Morgan fingerprint density at radius 3 is 2.62 bits per heavy atom. The van der Waals surface area contributed by atoms with Gasteiger partial charge in [-0.1, -0.05) is 17.8 Å². The van der Waals surface area contributed by atoms with E-state index in [-0.39, 0.29) is 5.91 Å². The van der Waals surface area contributed by atoms with Gasteiger partial charge in [0.15, 0.2) is 11.4 Å². The Labute approximate surface area is 144 Å². The van der Waals surface area contributed by atoms with E-state index in [1.165, 1.54) is 11.8 Å². The summed E-state index contributed by atoms with van der Waals surface area (Å²) in [4.78, 5) is 16.6. The van der Waals surface area contributed by atoms with Gasteiger partial charge in [-0.2, -0.15) is 5.26 Å². The fraction of sp³-hybridized carbons (Fsp3) is 0.118. The quantitative estimate of drug-likeness (QED) is 0.386. The molecule has 6 nitrogen and oxygen atoms in total. The summed E-state index contributed by atoms with van der Waals surface area (Å²) < 4.78 is 5.08. The molecule has 2 aromatic rings. The average molecular weight is 340 g/mol. The highest BCUT2D eigenvalue weighted by atomic mass is 32.2. The lowest BCUT2D eigenvalue weighted by Gasteiger charge is -2.07. The van der Waals surface area contributed by atoms with E-state index in [4.69, 9.17) is 10.00 Å². The third-order valence-electron chi connectivity index (χ3n) is 3.04. The lowest BCUT2D eigenvalue weighted by molar-refractivity contribution is 0.102. The topological polar surface area (TPSA) is 86.5 Å². The van der Waals surface area contributed by atoms with E-state index in [0.717, 1.165) is 5.75 Å². The molecule has 0 atom stereocenters. The molecular weight excluding hydrogens is 324 g/mol. The van der Waals surface area contributed by atoms with Crippen molar-refractivity contribution in [3.63, 3.8) is 0 Å². The molecule has 0 aromatic heterocycles. The molecule has 0 unspecified atom stereocenters. The number of methoxy groups -OCH3 is 1. The van der Waals surface area contributed by atoms with E-state index in [1.54, 1.807) is 55.6 Å². The summed E-state index contributed by atoms with van der Waals surface area (Å²) in [7, 11) is 1.59. The third kappa shape index (κ3) is 4.76. The third-order valence-corrected chi connectivity index (χ3v) is 3.62. The zero-order chi connectivity index (χ0) is 17.4. The van der Waals surface area contributed by atoms with E-state index >= 15 is 0 Å². The lowest BCUT2D eigenvalue weighted by atomic mass is 10.2. The van der Waals surface area contributed by atoms with Gasteiger partial charge in [-0.25, -0.2) is 4.99 Å². The number of carbonyl (C=O) groups is 1. The standard InChI is InChI=1S/C17H16N4O2S/c1-23-15-8-6-13(7-9-15)20-16(22)12-4-3-5-14(10-12)21-17(24-2)19-11-18/h3-10H,1-2H3,(H,19,21)(H,20,22). The van der Waals surface area contributed by atoms with Crippen molar-refractivity contribution >= 4 is 34.2 Å². The van der Waals surface area contributed by atoms with Gasteiger partial charge >= 0.3 is 0 Å². The summed E-state index contributed by atoms with van der Waals surface area (Å²) in [6.45, 7) is 0. The summed E-state index contributed by atoms with van der Waals surface area (Å²) in [6.07, 6.45) is 3.64. The molecular formula is C17H16N4O2S. The molecule has 0 heterocycles. The Bertz CT molecular complexity index is 782. The zero-order valence-electron chi connectivity index (χ0n) is 13.2. The minimum atomic E-state index is -0.240. The monoisotopic (exact) mass is 340 g/mol. The summed E-state index contributed by atoms with van der Waals surface area (Å²) in [5, 5.41) is 14.4. The molecule has 0 saturated heterocycles. The number of anilines is 1. The fourth-order valence-corrected chi connectivity index (χ4v) is 2.23. The summed E-state index contributed by atoms with van der Waals surface area (Å²) >= 11 is 1.31. The molecule has 0 saturated carbocycles. The minimum Gasteiger partial charge on any atom is -0.497 e. The average Bonchev–Trinajstić information content (AvgIpc) is 2.62. The van der Waals surface area contributed by atoms with Crippen LogP contribution in [0.2, 0.25) is 0 Å². The van der Waals surface area contributed by atoms with Gasteiger partial charge in [0, 0.05) is 11.3 Å². The predicted octanol–water partition coefficient (Wildman–Crippen LogP) is 3.37. The van der Waals surface area contributed by atoms with Crippen LogP contribution in [0, 0.1) is 11.5 Å². The number of ether oxygens (including phenoxy) is 1. The SMILES string of the molecule is COc1ccc(NC(=O)c2cccc(N=C(NC#N)SC)c2)cc1. The van der Waals surface area contributed by atoms with Crippen LogP contribution in [-0.4, -0.2) is 24.4 Å². The number of amidine groups is 1. The maximum absolute atomic E-state index is 12.3. The molecule has 2 N–H and O–H groups in total. The number of nitriles is 1. The van der Waals surface area contributed by atoms with Crippen LogP contribution in [0.1, 0.15) is 10.4 Å². The van der Waals surface area contributed by atoms with Crippen molar-refractivity contribution in [3.05, 3.63) is 54.1 Å². The summed E-state index contributed by atoms with van der Waals surface area (Å²) in [5.74, 6) is 0.482. The Morgan fingerprint density at radius 1 is 1.25 bits per heavy atom. The number of benzene rings is 2. The number of hydrogen-bond donors (Lipinski definition) is 2. The maximum atomic E-state index is 12.3. The first-order valence-corrected chi connectivity index (χ1v) is 8.22. The number of carbonyl (C=O) groups excluding carboxylic acids is 1. The van der Waals surface area contributed by atoms with Gasteiger partial charge in [-0.3, -0.25) is 10.1 Å². The normalized spacial score (nSPS) is 10.6. The zero-order valence-corrected chi connectivity index (χ0v) is 14.1. The van der Waals surface area contributed by atoms with Gasteiger partial charge in [0.1, 0.15) is 5.75 Å². The van der Waals surface area contributed by atoms with E-state index in [1.807, 2.05) is 12.4 Å². The number of aliphatic imine (C=N–C) groups is 1. The highest BCUT2D eigenvalue weighted by Gasteiger charge is 2.07. The molecule has 2 aromatic carbocycles. The van der Waals surface area contributed by atoms with Crippen molar-refractivity contribution in [1.82, 2.24) is 5.32 Å². The molecule has 24 heavy (non-hydrogen) atoms. The molecule has 0 aliphatic carbocycles. The molecule has 0 radical (unpaired) electrons. The Kier molecular flexibility index (Phi) is 6.23. The van der Waals surface area contributed by atoms with Crippen molar-refractivity contribution in [1.29, 1.82) is 5.26 Å². The number of nitrogens with one attached hydrogen (secondary N) is 2.